The predicted octanol–water partition coefficient (Wildman–Crippen LogP) is 7.75. The molecule has 50 heavy (non-hydrogen) atoms. The van der Waals surface area contributed by atoms with Crippen LogP contribution in [0.3, 0.4) is 0 Å². The molecule has 0 unspecified atom stereocenters. The first-order chi connectivity index (χ1) is 24.2. The molecule has 0 saturated carbocycles. The number of esters is 1. The van der Waals surface area contributed by atoms with Crippen LogP contribution in [-0.2, 0) is 33.2 Å². The Balaban J connectivity index is 1.18. The molecular weight excluding hydrogens is 709 g/mol. The molecule has 7 rings (SSSR count). The third kappa shape index (κ3) is 7.18. The largest absolute Gasteiger partial charge is 0.508 e. The molecule has 4 aromatic carbocycles. The summed E-state index contributed by atoms with van der Waals surface area (Å²) in [4.78, 5) is 27.1. The summed E-state index contributed by atoms with van der Waals surface area (Å²) in [7, 11) is 0. The van der Waals surface area contributed by atoms with Crippen LogP contribution in [0.2, 0.25) is 0 Å². The van der Waals surface area contributed by atoms with E-state index in [4.69, 9.17) is 73.4 Å². The fourth-order valence-corrected chi connectivity index (χ4v) is 6.50. The van der Waals surface area contributed by atoms with Crippen LogP contribution in [0.4, 0.5) is 4.79 Å². The maximum absolute atomic E-state index is 13.6. The fourth-order valence-electron chi connectivity index (χ4n) is 6.37. The van der Waals surface area contributed by atoms with Gasteiger partial charge in [0.05, 0.1) is 12.2 Å². The van der Waals surface area contributed by atoms with E-state index in [1.165, 1.54) is 0 Å². The molecule has 0 spiro atoms. The minimum absolute atomic E-state index is 0.0346. The van der Waals surface area contributed by atoms with E-state index in [9.17, 15) is 9.59 Å². The predicted molar refractivity (Wildman–Crippen MR) is 183 cm³/mol. The Morgan fingerprint density at radius 2 is 1.34 bits per heavy atom. The van der Waals surface area contributed by atoms with Crippen molar-refractivity contribution in [3.05, 3.63) is 131 Å². The molecule has 1 aliphatic carbocycles. The van der Waals surface area contributed by atoms with Crippen LogP contribution in [0.25, 0.3) is 11.1 Å². The zero-order valence-electron chi connectivity index (χ0n) is 26.2. The second-order valence-corrected chi connectivity index (χ2v) is 14.1. The third-order valence-electron chi connectivity index (χ3n) is 8.66. The topological polar surface area (TPSA) is 123 Å². The Morgan fingerprint density at radius 1 is 0.740 bits per heavy atom. The lowest BCUT2D eigenvalue weighted by Gasteiger charge is -2.47. The number of rotatable bonds is 7. The summed E-state index contributed by atoms with van der Waals surface area (Å²) < 4.78 is 39.4. The summed E-state index contributed by atoms with van der Waals surface area (Å²) in [5.41, 5.74) is 5.03. The minimum atomic E-state index is -2.28. The number of hydrogen-bond donors (Lipinski definition) is 1. The second kappa shape index (κ2) is 14.6. The lowest BCUT2D eigenvalue weighted by Crippen LogP contribution is -2.64. The van der Waals surface area contributed by atoms with Crippen LogP contribution >= 0.6 is 34.8 Å². The van der Waals surface area contributed by atoms with Crippen LogP contribution in [0.1, 0.15) is 39.3 Å². The normalized spacial score (nSPS) is 24.2. The number of alkyl halides is 3. The number of ether oxygens (including phenoxy) is 7. The van der Waals surface area contributed by atoms with E-state index in [0.717, 1.165) is 22.3 Å². The van der Waals surface area contributed by atoms with Crippen molar-refractivity contribution in [2.75, 3.05) is 13.2 Å². The molecule has 6 atom stereocenters. The molecular formula is C37H30Cl3NO9. The average molecular weight is 739 g/mol. The average Bonchev–Trinajstić information content (AvgIpc) is 3.45. The smallest absolute Gasteiger partial charge is 0.448 e. The molecule has 2 heterocycles. The standard InChI is InChI=1S/C37H30Cl3NO9/c38-37(39,40)35(41)50-34-31(47-32(42)21-11-3-1-4-12-21)30(29-28(46-34)20-44-33(48-29)22-13-5-2-6-14-22)49-36(43)45-19-27-25-17-9-7-15-23(25)24-16-8-10-18-26(24)27/h1-18,27-31,33-34,41H,19-20H2/t28-,29+,30+,31-,33+,34+/m1/s1. The van der Waals surface area contributed by atoms with Gasteiger partial charge in [-0.15, -0.1) is 0 Å². The van der Waals surface area contributed by atoms with Crippen molar-refractivity contribution in [2.45, 2.75) is 46.7 Å². The van der Waals surface area contributed by atoms with Crippen LogP contribution in [0.15, 0.2) is 109 Å². The molecule has 2 saturated heterocycles. The highest BCUT2D eigenvalue weighted by atomic mass is 35.6. The SMILES string of the molecule is N=C(O[C@@H]1O[C@@H]2CO[C@H](c3ccccc3)O[C@@H]2[C@H](OC(=O)OCC2c3ccccc3-c3ccccc32)[C@H]1OC(=O)c1ccccc1)C(Cl)(Cl)Cl. The van der Waals surface area contributed by atoms with Crippen LogP contribution < -0.4 is 0 Å². The van der Waals surface area contributed by atoms with Gasteiger partial charge in [-0.2, -0.15) is 0 Å². The Kier molecular flexibility index (Phi) is 10.0. The summed E-state index contributed by atoms with van der Waals surface area (Å²) in [6.07, 6.45) is -8.41. The highest BCUT2D eigenvalue weighted by Crippen LogP contribution is 2.45. The number of halogens is 3. The van der Waals surface area contributed by atoms with E-state index in [-0.39, 0.29) is 24.7 Å². The number of hydrogen-bond acceptors (Lipinski definition) is 10. The molecule has 3 aliphatic rings. The molecule has 2 aliphatic heterocycles. The van der Waals surface area contributed by atoms with Gasteiger partial charge in [0.15, 0.2) is 12.4 Å². The molecule has 0 aromatic heterocycles. The monoisotopic (exact) mass is 737 g/mol. The number of nitrogens with one attached hydrogen (secondary N) is 1. The molecule has 2 fully saturated rings. The summed E-state index contributed by atoms with van der Waals surface area (Å²) in [6.45, 7) is -0.0812. The lowest BCUT2D eigenvalue weighted by atomic mass is 9.97. The van der Waals surface area contributed by atoms with Crippen molar-refractivity contribution in [3.8, 4) is 11.1 Å². The highest BCUT2D eigenvalue weighted by molar-refractivity contribution is 6.76. The van der Waals surface area contributed by atoms with Crippen molar-refractivity contribution in [1.82, 2.24) is 0 Å². The number of fused-ring (bicyclic) bond motifs is 4. The van der Waals surface area contributed by atoms with E-state index in [2.05, 4.69) is 0 Å². The zero-order valence-corrected chi connectivity index (χ0v) is 28.4. The highest BCUT2D eigenvalue weighted by Gasteiger charge is 2.56. The first-order valence-electron chi connectivity index (χ1n) is 15.7. The minimum Gasteiger partial charge on any atom is -0.448 e. The Bertz CT molecular complexity index is 1810. The summed E-state index contributed by atoms with van der Waals surface area (Å²) in [6, 6.07) is 33.1. The van der Waals surface area contributed by atoms with Gasteiger partial charge in [0.2, 0.25) is 18.3 Å². The van der Waals surface area contributed by atoms with Gasteiger partial charge in [-0.05, 0) is 34.4 Å². The van der Waals surface area contributed by atoms with Crippen LogP contribution in [0, 0.1) is 5.41 Å². The summed E-state index contributed by atoms with van der Waals surface area (Å²) >= 11 is 17.8. The Morgan fingerprint density at radius 3 is 1.98 bits per heavy atom. The van der Waals surface area contributed by atoms with Crippen molar-refractivity contribution >= 4 is 52.8 Å². The van der Waals surface area contributed by atoms with Gasteiger partial charge >= 0.3 is 12.1 Å². The maximum Gasteiger partial charge on any atom is 0.508 e. The maximum atomic E-state index is 13.6. The van der Waals surface area contributed by atoms with E-state index in [0.29, 0.717) is 5.56 Å². The van der Waals surface area contributed by atoms with Gasteiger partial charge in [-0.25, -0.2) is 9.59 Å². The first kappa shape index (κ1) is 34.3. The molecule has 13 heteroatoms. The van der Waals surface area contributed by atoms with E-state index in [1.54, 1.807) is 30.3 Å². The van der Waals surface area contributed by atoms with Gasteiger partial charge < -0.3 is 33.2 Å². The molecule has 10 nitrogen and oxygen atoms in total. The number of benzene rings is 4. The van der Waals surface area contributed by atoms with Gasteiger partial charge in [-0.3, -0.25) is 5.41 Å². The first-order valence-corrected chi connectivity index (χ1v) is 16.9. The molecule has 1 N–H and O–H groups in total. The van der Waals surface area contributed by atoms with Gasteiger partial charge in [0.25, 0.3) is 3.79 Å². The van der Waals surface area contributed by atoms with E-state index in [1.807, 2.05) is 78.9 Å². The summed E-state index contributed by atoms with van der Waals surface area (Å²) in [5.74, 6) is -1.85. The summed E-state index contributed by atoms with van der Waals surface area (Å²) in [5, 5.41) is 8.24. The molecule has 258 valence electrons. The van der Waals surface area contributed by atoms with Gasteiger partial charge in [0, 0.05) is 11.5 Å². The van der Waals surface area contributed by atoms with Crippen LogP contribution in [-0.4, -0.2) is 65.7 Å². The van der Waals surface area contributed by atoms with Crippen molar-refractivity contribution < 1.29 is 42.7 Å². The third-order valence-corrected chi connectivity index (χ3v) is 9.18. The van der Waals surface area contributed by atoms with E-state index < -0.39 is 58.8 Å². The van der Waals surface area contributed by atoms with Crippen molar-refractivity contribution in [2.24, 2.45) is 0 Å². The Hall–Kier alpha value is -4.16. The zero-order chi connectivity index (χ0) is 34.8. The second-order valence-electron chi connectivity index (χ2n) is 11.8. The number of carbonyl (C=O) groups is 2. The fraction of sp³-hybridized carbons (Fsp3) is 0.270. The lowest BCUT2D eigenvalue weighted by molar-refractivity contribution is -0.351. The van der Waals surface area contributed by atoms with Crippen molar-refractivity contribution in [3.63, 3.8) is 0 Å². The number of carbonyl (C=O) groups excluding carboxylic acids is 2. The van der Waals surface area contributed by atoms with E-state index >= 15 is 0 Å². The molecule has 0 amide bonds. The van der Waals surface area contributed by atoms with Gasteiger partial charge in [0.1, 0.15) is 18.8 Å². The van der Waals surface area contributed by atoms with Crippen molar-refractivity contribution in [1.29, 1.82) is 5.41 Å². The van der Waals surface area contributed by atoms with Gasteiger partial charge in [-0.1, -0.05) is 132 Å². The van der Waals surface area contributed by atoms with Crippen LogP contribution in [0.5, 0.6) is 0 Å². The molecule has 0 bridgehead atoms. The molecule has 4 aromatic rings. The quantitative estimate of drug-likeness (QED) is 0.0878. The Labute approximate surface area is 302 Å². The molecule has 0 radical (unpaired) electrons.